The van der Waals surface area contributed by atoms with Crippen molar-refractivity contribution in [1.29, 1.82) is 0 Å². The summed E-state index contributed by atoms with van der Waals surface area (Å²) in [6.45, 7) is 0. The Labute approximate surface area is 148 Å². The van der Waals surface area contributed by atoms with E-state index in [1.807, 2.05) is 29.6 Å². The van der Waals surface area contributed by atoms with Crippen LogP contribution in [0.2, 0.25) is 0 Å². The Hall–Kier alpha value is -3.06. The summed E-state index contributed by atoms with van der Waals surface area (Å²) in [4.78, 5) is 4.95. The van der Waals surface area contributed by atoms with Gasteiger partial charge in [0.15, 0.2) is 0 Å². The highest BCUT2D eigenvalue weighted by Gasteiger charge is 2.11. The molecular formula is C18H17N3O3S. The fourth-order valence-corrected chi connectivity index (χ4v) is 3.16. The van der Waals surface area contributed by atoms with Gasteiger partial charge in [-0.15, -0.1) is 11.3 Å². The van der Waals surface area contributed by atoms with Crippen LogP contribution in [0, 0.1) is 0 Å². The van der Waals surface area contributed by atoms with E-state index in [0.717, 1.165) is 17.0 Å². The van der Waals surface area contributed by atoms with Gasteiger partial charge < -0.3 is 14.9 Å². The number of para-hydroxylation sites is 1. The van der Waals surface area contributed by atoms with Gasteiger partial charge >= 0.3 is 0 Å². The number of benzene rings is 2. The van der Waals surface area contributed by atoms with E-state index in [4.69, 9.17) is 4.74 Å². The van der Waals surface area contributed by atoms with Crippen LogP contribution in [0.5, 0.6) is 17.2 Å². The number of thiazole rings is 1. The third-order valence-electron chi connectivity index (χ3n) is 3.59. The van der Waals surface area contributed by atoms with Crippen LogP contribution in [0.15, 0.2) is 57.9 Å². The minimum absolute atomic E-state index is 0.00297. The fraction of sp³-hybridized carbons (Fsp3) is 0.111. The molecule has 2 N–H and O–H groups in total. The zero-order valence-electron chi connectivity index (χ0n) is 13.7. The summed E-state index contributed by atoms with van der Waals surface area (Å²) in [6.07, 6.45) is 1.52. The molecule has 3 rings (SSSR count). The lowest BCUT2D eigenvalue weighted by molar-refractivity contribution is 0.416. The summed E-state index contributed by atoms with van der Waals surface area (Å²) < 4.78 is 7.12. The van der Waals surface area contributed by atoms with Gasteiger partial charge in [-0.2, -0.15) is 5.10 Å². The van der Waals surface area contributed by atoms with Crippen molar-refractivity contribution >= 4 is 17.6 Å². The molecule has 2 aromatic carbocycles. The molecule has 0 fully saturated rings. The largest absolute Gasteiger partial charge is 0.508 e. The Balaban J connectivity index is 2.10. The average molecular weight is 355 g/mol. The first-order chi connectivity index (χ1) is 12.1. The molecule has 6 nitrogen and oxygen atoms in total. The quantitative estimate of drug-likeness (QED) is 0.706. The van der Waals surface area contributed by atoms with Gasteiger partial charge in [0.2, 0.25) is 4.80 Å². The van der Waals surface area contributed by atoms with E-state index in [1.165, 1.54) is 29.7 Å². The second-order valence-electron chi connectivity index (χ2n) is 5.13. The number of methoxy groups -OCH3 is 1. The first-order valence-electron chi connectivity index (χ1n) is 7.47. The van der Waals surface area contributed by atoms with Crippen LogP contribution >= 0.6 is 11.3 Å². The number of hydrogen-bond donors (Lipinski definition) is 2. The molecule has 3 aromatic rings. The Kier molecular flexibility index (Phi) is 4.85. The molecule has 0 aliphatic rings. The average Bonchev–Trinajstić information content (AvgIpc) is 3.03. The lowest BCUT2D eigenvalue weighted by Gasteiger charge is -2.08. The van der Waals surface area contributed by atoms with Crippen LogP contribution in [0.4, 0.5) is 0 Å². The zero-order valence-corrected chi connectivity index (χ0v) is 14.6. The molecule has 0 bridgehead atoms. The van der Waals surface area contributed by atoms with Crippen LogP contribution in [-0.2, 0) is 0 Å². The van der Waals surface area contributed by atoms with Crippen molar-refractivity contribution < 1.29 is 14.9 Å². The van der Waals surface area contributed by atoms with Crippen LogP contribution in [0.25, 0.3) is 11.3 Å². The SMILES string of the molecule is CN=c1scc(-c2ccccc2OC)n1N=Cc1ccc(O)cc1O. The third kappa shape index (κ3) is 3.41. The van der Waals surface area contributed by atoms with E-state index < -0.39 is 0 Å². The van der Waals surface area contributed by atoms with Gasteiger partial charge in [0.25, 0.3) is 0 Å². The zero-order chi connectivity index (χ0) is 17.8. The highest BCUT2D eigenvalue weighted by atomic mass is 32.1. The summed E-state index contributed by atoms with van der Waals surface area (Å²) in [5.74, 6) is 0.685. The smallest absolute Gasteiger partial charge is 0.205 e. The molecule has 1 aromatic heterocycles. The lowest BCUT2D eigenvalue weighted by Crippen LogP contribution is -2.11. The molecule has 0 spiro atoms. The maximum Gasteiger partial charge on any atom is 0.205 e. The van der Waals surface area contributed by atoms with Gasteiger partial charge in [-0.25, -0.2) is 4.68 Å². The number of aromatic hydroxyl groups is 2. The van der Waals surface area contributed by atoms with Crippen LogP contribution < -0.4 is 9.54 Å². The summed E-state index contributed by atoms with van der Waals surface area (Å²) in [6, 6.07) is 12.0. The number of phenolic OH excluding ortho intramolecular Hbond substituents is 2. The van der Waals surface area contributed by atoms with Gasteiger partial charge in [-0.1, -0.05) is 12.1 Å². The Morgan fingerprint density at radius 1 is 1.16 bits per heavy atom. The fourth-order valence-electron chi connectivity index (χ4n) is 2.37. The Morgan fingerprint density at radius 2 is 1.96 bits per heavy atom. The van der Waals surface area contributed by atoms with Gasteiger partial charge in [0.1, 0.15) is 17.2 Å². The first-order valence-corrected chi connectivity index (χ1v) is 8.35. The van der Waals surface area contributed by atoms with Crippen LogP contribution in [-0.4, -0.2) is 35.3 Å². The lowest BCUT2D eigenvalue weighted by atomic mass is 10.1. The van der Waals surface area contributed by atoms with Crippen molar-refractivity contribution in [3.63, 3.8) is 0 Å². The molecular weight excluding hydrogens is 338 g/mol. The molecule has 0 amide bonds. The van der Waals surface area contributed by atoms with E-state index in [-0.39, 0.29) is 11.5 Å². The monoisotopic (exact) mass is 355 g/mol. The normalized spacial score (nSPS) is 12.0. The topological polar surface area (TPSA) is 79.3 Å². The molecule has 0 saturated heterocycles. The van der Waals surface area contributed by atoms with Gasteiger partial charge in [-0.05, 0) is 24.3 Å². The molecule has 0 unspecified atom stereocenters. The number of nitrogens with zero attached hydrogens (tertiary/aromatic N) is 3. The molecule has 0 aliphatic heterocycles. The Morgan fingerprint density at radius 3 is 2.68 bits per heavy atom. The second kappa shape index (κ2) is 7.23. The van der Waals surface area contributed by atoms with Gasteiger partial charge in [-0.3, -0.25) is 4.99 Å². The van der Waals surface area contributed by atoms with E-state index in [1.54, 1.807) is 24.9 Å². The second-order valence-corrected chi connectivity index (χ2v) is 5.96. The molecule has 1 heterocycles. The van der Waals surface area contributed by atoms with Crippen LogP contribution in [0.3, 0.4) is 0 Å². The number of aromatic nitrogens is 1. The number of ether oxygens (including phenoxy) is 1. The molecule has 7 heteroatoms. The van der Waals surface area contributed by atoms with E-state index >= 15 is 0 Å². The highest BCUT2D eigenvalue weighted by Crippen LogP contribution is 2.30. The van der Waals surface area contributed by atoms with E-state index in [0.29, 0.717) is 10.4 Å². The Bertz CT molecular complexity index is 989. The molecule has 0 saturated carbocycles. The number of hydrogen-bond acceptors (Lipinski definition) is 6. The van der Waals surface area contributed by atoms with Crippen molar-refractivity contribution in [2.24, 2.45) is 10.1 Å². The van der Waals surface area contributed by atoms with E-state index in [2.05, 4.69) is 10.1 Å². The predicted octanol–water partition coefficient (Wildman–Crippen LogP) is 3.05. The van der Waals surface area contributed by atoms with Crippen molar-refractivity contribution in [2.45, 2.75) is 0 Å². The molecule has 0 radical (unpaired) electrons. The van der Waals surface area contributed by atoms with Gasteiger partial charge in [0, 0.05) is 29.6 Å². The molecule has 0 aliphatic carbocycles. The van der Waals surface area contributed by atoms with Crippen molar-refractivity contribution in [2.75, 3.05) is 14.2 Å². The summed E-state index contributed by atoms with van der Waals surface area (Å²) >= 11 is 1.46. The number of rotatable bonds is 4. The molecule has 128 valence electrons. The summed E-state index contributed by atoms with van der Waals surface area (Å²) in [5, 5.41) is 25.7. The summed E-state index contributed by atoms with van der Waals surface area (Å²) in [7, 11) is 3.32. The number of phenols is 2. The predicted molar refractivity (Wildman–Crippen MR) is 98.5 cm³/mol. The highest BCUT2D eigenvalue weighted by molar-refractivity contribution is 7.07. The summed E-state index contributed by atoms with van der Waals surface area (Å²) in [5.41, 5.74) is 2.21. The first kappa shape index (κ1) is 16.8. The van der Waals surface area contributed by atoms with Gasteiger partial charge in [0.05, 0.1) is 19.0 Å². The minimum Gasteiger partial charge on any atom is -0.508 e. The van der Waals surface area contributed by atoms with Crippen molar-refractivity contribution in [3.8, 4) is 28.5 Å². The van der Waals surface area contributed by atoms with Crippen molar-refractivity contribution in [1.82, 2.24) is 4.68 Å². The molecule has 25 heavy (non-hydrogen) atoms. The van der Waals surface area contributed by atoms with Crippen molar-refractivity contribution in [3.05, 3.63) is 58.2 Å². The van der Waals surface area contributed by atoms with Crippen LogP contribution in [0.1, 0.15) is 5.56 Å². The van der Waals surface area contributed by atoms with E-state index in [9.17, 15) is 10.2 Å². The molecule has 0 atom stereocenters. The standard InChI is InChI=1S/C18H17N3O3S/c1-19-18-21(20-10-12-7-8-13(22)9-16(12)23)15(11-25-18)14-5-3-4-6-17(14)24-2/h3-11,22-23H,1-2H3. The minimum atomic E-state index is -0.0478. The maximum absolute atomic E-state index is 9.91. The maximum atomic E-state index is 9.91. The third-order valence-corrected chi connectivity index (χ3v) is 4.49.